The molecular weight excluding hydrogens is 335 g/mol. The second kappa shape index (κ2) is 5.71. The summed E-state index contributed by atoms with van der Waals surface area (Å²) in [5.41, 5.74) is -1.67. The molecule has 0 spiro atoms. The number of allylic oxidation sites excluding steroid dienone is 1. The minimum absolute atomic E-state index is 0.0222. The highest BCUT2D eigenvalue weighted by atomic mass is 19.1. The molecule has 0 aromatic heterocycles. The molecule has 0 amide bonds. The molecule has 0 saturated heterocycles. The van der Waals surface area contributed by atoms with Gasteiger partial charge < -0.3 is 10.2 Å². The number of hydrogen-bond acceptors (Lipinski definition) is 4. The van der Waals surface area contributed by atoms with Gasteiger partial charge in [0.1, 0.15) is 12.8 Å². The van der Waals surface area contributed by atoms with E-state index in [9.17, 15) is 24.2 Å². The van der Waals surface area contributed by atoms with E-state index in [-0.39, 0.29) is 29.5 Å². The fourth-order valence-electron chi connectivity index (χ4n) is 7.15. The second-order valence-electron chi connectivity index (χ2n) is 9.48. The zero-order valence-corrected chi connectivity index (χ0v) is 15.6. The molecule has 7 atom stereocenters. The van der Waals surface area contributed by atoms with Crippen molar-refractivity contribution in [1.29, 1.82) is 0 Å². The number of carbonyl (C=O) groups excluding carboxylic acids is 2. The lowest BCUT2D eigenvalue weighted by molar-refractivity contribution is -0.172. The van der Waals surface area contributed by atoms with Gasteiger partial charge in [-0.3, -0.25) is 9.59 Å². The summed E-state index contributed by atoms with van der Waals surface area (Å²) < 4.78 is 15.0. The summed E-state index contributed by atoms with van der Waals surface area (Å²) in [5, 5.41) is 20.4. The molecule has 1 unspecified atom stereocenters. The van der Waals surface area contributed by atoms with Crippen LogP contribution >= 0.6 is 0 Å². The van der Waals surface area contributed by atoms with Crippen molar-refractivity contribution in [1.82, 2.24) is 0 Å². The highest BCUT2D eigenvalue weighted by Crippen LogP contribution is 2.68. The van der Waals surface area contributed by atoms with Crippen LogP contribution in [-0.2, 0) is 9.59 Å². The third kappa shape index (κ3) is 2.07. The summed E-state index contributed by atoms with van der Waals surface area (Å²) in [5.74, 6) is -0.00780. The second-order valence-corrected chi connectivity index (χ2v) is 9.48. The first-order valence-corrected chi connectivity index (χ1v) is 9.93. The molecule has 0 radical (unpaired) electrons. The number of carbonyl (C=O) groups is 2. The van der Waals surface area contributed by atoms with Crippen LogP contribution in [0.2, 0.25) is 0 Å². The lowest BCUT2D eigenvalue weighted by atomic mass is 9.46. The van der Waals surface area contributed by atoms with E-state index in [1.807, 2.05) is 13.0 Å². The molecule has 5 heteroatoms. The van der Waals surface area contributed by atoms with Gasteiger partial charge in [-0.05, 0) is 67.8 Å². The number of aliphatic hydroxyl groups is 2. The summed E-state index contributed by atoms with van der Waals surface area (Å²) in [7, 11) is 0. The Morgan fingerprint density at radius 2 is 1.96 bits per heavy atom. The Labute approximate surface area is 153 Å². The Morgan fingerprint density at radius 3 is 2.65 bits per heavy atom. The Kier molecular flexibility index (Phi) is 4.02. The standard InChI is InChI=1S/C21H29FO4/c1-19-7-5-13(24)9-12(19)3-4-14-15(19)6-8-20(2)16(14)10-17(22)21(20,26)18(25)11-23/h9,14-17,23,26H,3-8,10-11H2,1-2H3/t14-,15+,16+,17?,19+,20+,21+/m1/s1. The first-order valence-electron chi connectivity index (χ1n) is 9.93. The molecule has 0 heterocycles. The van der Waals surface area contributed by atoms with Crippen LogP contribution in [0.3, 0.4) is 0 Å². The van der Waals surface area contributed by atoms with Crippen LogP contribution in [0.15, 0.2) is 11.6 Å². The van der Waals surface area contributed by atoms with Crippen LogP contribution in [0.25, 0.3) is 0 Å². The lowest BCUT2D eigenvalue weighted by Gasteiger charge is -2.58. The third-order valence-corrected chi connectivity index (χ3v) is 8.71. The van der Waals surface area contributed by atoms with Gasteiger partial charge in [-0.25, -0.2) is 4.39 Å². The van der Waals surface area contributed by atoms with E-state index < -0.39 is 29.6 Å². The van der Waals surface area contributed by atoms with E-state index in [0.29, 0.717) is 18.8 Å². The molecule has 0 aromatic carbocycles. The lowest BCUT2D eigenvalue weighted by Crippen LogP contribution is -2.60. The van der Waals surface area contributed by atoms with Gasteiger partial charge in [0.25, 0.3) is 0 Å². The largest absolute Gasteiger partial charge is 0.388 e. The Hall–Kier alpha value is -1.07. The summed E-state index contributed by atoms with van der Waals surface area (Å²) in [6, 6.07) is 0. The SMILES string of the molecule is C[C@]12CCC(=O)C=C1CC[C@@H]1[C@@H]2CC[C@@]2(C)[C@H]1CC(F)[C@]2(O)C(=O)CO. The smallest absolute Gasteiger partial charge is 0.193 e. The first-order chi connectivity index (χ1) is 12.2. The first kappa shape index (κ1) is 18.3. The van der Waals surface area contributed by atoms with Crippen LogP contribution in [0.1, 0.15) is 58.8 Å². The van der Waals surface area contributed by atoms with Crippen LogP contribution in [-0.4, -0.2) is 40.2 Å². The summed E-state index contributed by atoms with van der Waals surface area (Å²) in [4.78, 5) is 24.2. The van der Waals surface area contributed by atoms with E-state index in [2.05, 4.69) is 6.92 Å². The highest BCUT2D eigenvalue weighted by Gasteiger charge is 2.70. The molecule has 3 fully saturated rings. The molecule has 4 aliphatic carbocycles. The van der Waals surface area contributed by atoms with Crippen molar-refractivity contribution in [2.24, 2.45) is 28.6 Å². The normalized spacial score (nSPS) is 50.5. The van der Waals surface area contributed by atoms with E-state index in [1.165, 1.54) is 5.57 Å². The third-order valence-electron chi connectivity index (χ3n) is 8.71. The van der Waals surface area contributed by atoms with Crippen molar-refractivity contribution < 1.29 is 24.2 Å². The summed E-state index contributed by atoms with van der Waals surface area (Å²) in [6.45, 7) is 3.27. The van der Waals surface area contributed by atoms with Gasteiger partial charge >= 0.3 is 0 Å². The van der Waals surface area contributed by atoms with Crippen LogP contribution < -0.4 is 0 Å². The Balaban J connectivity index is 1.71. The van der Waals surface area contributed by atoms with Gasteiger partial charge in [0, 0.05) is 11.8 Å². The maximum atomic E-state index is 15.0. The topological polar surface area (TPSA) is 74.6 Å². The van der Waals surface area contributed by atoms with Gasteiger partial charge in [0.05, 0.1) is 0 Å². The Morgan fingerprint density at radius 1 is 1.23 bits per heavy atom. The van der Waals surface area contributed by atoms with Gasteiger partial charge in [-0.15, -0.1) is 0 Å². The van der Waals surface area contributed by atoms with Crippen molar-refractivity contribution in [3.05, 3.63) is 11.6 Å². The van der Waals surface area contributed by atoms with Crippen molar-refractivity contribution in [2.75, 3.05) is 6.61 Å². The van der Waals surface area contributed by atoms with E-state index in [0.717, 1.165) is 25.7 Å². The monoisotopic (exact) mass is 364 g/mol. The zero-order valence-electron chi connectivity index (χ0n) is 15.6. The molecule has 4 nitrogen and oxygen atoms in total. The number of fused-ring (bicyclic) bond motifs is 5. The van der Waals surface area contributed by atoms with E-state index in [4.69, 9.17) is 0 Å². The average Bonchev–Trinajstić information content (AvgIpc) is 2.83. The van der Waals surface area contributed by atoms with Gasteiger partial charge in [-0.1, -0.05) is 19.4 Å². The van der Waals surface area contributed by atoms with Crippen LogP contribution in [0.5, 0.6) is 0 Å². The number of alkyl halides is 1. The minimum Gasteiger partial charge on any atom is -0.388 e. The summed E-state index contributed by atoms with van der Waals surface area (Å²) in [6.07, 6.45) is 4.97. The molecule has 2 N–H and O–H groups in total. The molecule has 144 valence electrons. The quantitative estimate of drug-likeness (QED) is 0.790. The van der Waals surface area contributed by atoms with Crippen molar-refractivity contribution in [2.45, 2.75) is 70.6 Å². The molecule has 0 bridgehead atoms. The van der Waals surface area contributed by atoms with Gasteiger partial charge in [-0.2, -0.15) is 0 Å². The number of ketones is 2. The van der Waals surface area contributed by atoms with Crippen LogP contribution in [0, 0.1) is 28.6 Å². The minimum atomic E-state index is -2.07. The number of aliphatic hydroxyl groups excluding tert-OH is 1. The molecule has 26 heavy (non-hydrogen) atoms. The van der Waals surface area contributed by atoms with E-state index in [1.54, 1.807) is 0 Å². The van der Waals surface area contributed by atoms with Crippen molar-refractivity contribution >= 4 is 11.6 Å². The molecule has 3 saturated carbocycles. The van der Waals surface area contributed by atoms with E-state index >= 15 is 0 Å². The maximum Gasteiger partial charge on any atom is 0.193 e. The fourth-order valence-corrected chi connectivity index (χ4v) is 7.15. The highest BCUT2D eigenvalue weighted by molar-refractivity contribution is 5.92. The van der Waals surface area contributed by atoms with Gasteiger partial charge in [0.15, 0.2) is 17.2 Å². The van der Waals surface area contributed by atoms with Crippen LogP contribution in [0.4, 0.5) is 4.39 Å². The van der Waals surface area contributed by atoms with Crippen molar-refractivity contribution in [3.8, 4) is 0 Å². The predicted octanol–water partition coefficient (Wildman–Crippen LogP) is 2.76. The predicted molar refractivity (Wildman–Crippen MR) is 94.0 cm³/mol. The average molecular weight is 364 g/mol. The summed E-state index contributed by atoms with van der Waals surface area (Å²) >= 11 is 0. The number of Topliss-reactive ketones (excluding diaryl/α,β-unsaturated/α-hetero) is 1. The Bertz CT molecular complexity index is 687. The molecular formula is C21H29FO4. The van der Waals surface area contributed by atoms with Gasteiger partial charge in [0.2, 0.25) is 0 Å². The molecule has 4 aliphatic rings. The fraction of sp³-hybridized carbons (Fsp3) is 0.810. The molecule has 4 rings (SSSR count). The molecule has 0 aromatic rings. The number of halogens is 1. The van der Waals surface area contributed by atoms with Crippen molar-refractivity contribution in [3.63, 3.8) is 0 Å². The maximum absolute atomic E-state index is 15.0. The number of rotatable bonds is 2. The zero-order chi connectivity index (χ0) is 18.9. The molecule has 0 aliphatic heterocycles. The number of hydrogen-bond donors (Lipinski definition) is 2.